The van der Waals surface area contributed by atoms with Crippen molar-refractivity contribution in [3.05, 3.63) is 30.3 Å². The number of nitrogens with two attached hydrogens (primary N) is 1. The van der Waals surface area contributed by atoms with Crippen molar-refractivity contribution in [3.63, 3.8) is 0 Å². The molecule has 0 unspecified atom stereocenters. The van der Waals surface area contributed by atoms with Gasteiger partial charge in [-0.1, -0.05) is 18.2 Å². The van der Waals surface area contributed by atoms with Crippen LogP contribution in [0.1, 0.15) is 0 Å². The van der Waals surface area contributed by atoms with Gasteiger partial charge in [-0.15, -0.1) is 0 Å². The summed E-state index contributed by atoms with van der Waals surface area (Å²) in [6.45, 7) is 0.0838. The molecular formula is C8H10N2O2. The third kappa shape index (κ3) is 2.59. The van der Waals surface area contributed by atoms with Crippen LogP contribution >= 0.6 is 0 Å². The molecule has 0 aromatic heterocycles. The molecule has 12 heavy (non-hydrogen) atoms. The van der Waals surface area contributed by atoms with Gasteiger partial charge in [-0.05, 0) is 12.1 Å². The van der Waals surface area contributed by atoms with Gasteiger partial charge >= 0.3 is 5.97 Å². The lowest BCUT2D eigenvalue weighted by Gasteiger charge is -2.02. The summed E-state index contributed by atoms with van der Waals surface area (Å²) in [5, 5.41) is 2.84. The molecular weight excluding hydrogens is 156 g/mol. The standard InChI is InChI=1S/C8H10N2O2/c9-12-8(11)6-10-7-4-2-1-3-5-7/h1-5,10H,6,9H2. The predicted molar refractivity (Wildman–Crippen MR) is 45.2 cm³/mol. The third-order valence-electron chi connectivity index (χ3n) is 1.34. The van der Waals surface area contributed by atoms with Gasteiger partial charge in [0.1, 0.15) is 6.54 Å². The number of carbonyl (C=O) groups excluding carboxylic acids is 1. The molecule has 0 radical (unpaired) electrons. The minimum absolute atomic E-state index is 0.0838. The molecule has 1 rings (SSSR count). The first-order chi connectivity index (χ1) is 5.83. The molecule has 0 atom stereocenters. The summed E-state index contributed by atoms with van der Waals surface area (Å²) in [6, 6.07) is 9.34. The van der Waals surface area contributed by atoms with Crippen molar-refractivity contribution < 1.29 is 9.63 Å². The maximum atomic E-state index is 10.6. The number of nitrogens with one attached hydrogen (secondary N) is 1. The molecule has 4 heteroatoms. The molecule has 0 amide bonds. The van der Waals surface area contributed by atoms with Crippen LogP contribution < -0.4 is 11.2 Å². The number of benzene rings is 1. The Bertz CT molecular complexity index is 248. The van der Waals surface area contributed by atoms with Crippen molar-refractivity contribution in [2.75, 3.05) is 11.9 Å². The van der Waals surface area contributed by atoms with Crippen LogP contribution in [-0.4, -0.2) is 12.5 Å². The van der Waals surface area contributed by atoms with Crippen molar-refractivity contribution in [1.29, 1.82) is 0 Å². The number of hydrogen-bond donors (Lipinski definition) is 2. The third-order valence-corrected chi connectivity index (χ3v) is 1.34. The highest BCUT2D eigenvalue weighted by molar-refractivity contribution is 5.74. The molecule has 1 aromatic rings. The normalized spacial score (nSPS) is 9.08. The van der Waals surface area contributed by atoms with Crippen LogP contribution in [0.15, 0.2) is 30.3 Å². The SMILES string of the molecule is NOC(=O)CNc1ccccc1. The fourth-order valence-corrected chi connectivity index (χ4v) is 0.772. The molecule has 0 bridgehead atoms. The van der Waals surface area contributed by atoms with E-state index in [9.17, 15) is 4.79 Å². The molecule has 0 spiro atoms. The fraction of sp³-hybridized carbons (Fsp3) is 0.125. The lowest BCUT2D eigenvalue weighted by molar-refractivity contribution is -0.141. The summed E-state index contributed by atoms with van der Waals surface area (Å²) in [6.07, 6.45) is 0. The molecule has 0 saturated carbocycles. The maximum absolute atomic E-state index is 10.6. The first kappa shape index (κ1) is 8.55. The second kappa shape index (κ2) is 4.35. The van der Waals surface area contributed by atoms with Crippen LogP contribution in [0.4, 0.5) is 5.69 Å². The van der Waals surface area contributed by atoms with E-state index in [1.165, 1.54) is 0 Å². The molecule has 0 saturated heterocycles. The van der Waals surface area contributed by atoms with Gasteiger partial charge in [0.05, 0.1) is 0 Å². The van der Waals surface area contributed by atoms with E-state index in [1.54, 1.807) is 0 Å². The predicted octanol–water partition coefficient (Wildman–Crippen LogP) is 0.515. The van der Waals surface area contributed by atoms with Gasteiger partial charge in [-0.25, -0.2) is 4.79 Å². The van der Waals surface area contributed by atoms with E-state index >= 15 is 0 Å². The van der Waals surface area contributed by atoms with E-state index in [4.69, 9.17) is 0 Å². The number of para-hydroxylation sites is 1. The first-order valence-corrected chi connectivity index (χ1v) is 3.51. The zero-order valence-electron chi connectivity index (χ0n) is 6.49. The van der Waals surface area contributed by atoms with Crippen molar-refractivity contribution >= 4 is 11.7 Å². The topological polar surface area (TPSA) is 64.3 Å². The van der Waals surface area contributed by atoms with E-state index in [0.29, 0.717) is 0 Å². The van der Waals surface area contributed by atoms with Crippen molar-refractivity contribution in [2.24, 2.45) is 5.90 Å². The van der Waals surface area contributed by atoms with Crippen LogP contribution in [0, 0.1) is 0 Å². The van der Waals surface area contributed by atoms with E-state index in [2.05, 4.69) is 16.1 Å². The monoisotopic (exact) mass is 166 g/mol. The van der Waals surface area contributed by atoms with Crippen LogP contribution in [0.25, 0.3) is 0 Å². The Morgan fingerprint density at radius 2 is 2.08 bits per heavy atom. The van der Waals surface area contributed by atoms with Crippen molar-refractivity contribution in [2.45, 2.75) is 0 Å². The summed E-state index contributed by atoms with van der Waals surface area (Å²) >= 11 is 0. The second-order valence-electron chi connectivity index (χ2n) is 2.21. The Kier molecular flexibility index (Phi) is 3.10. The molecule has 0 heterocycles. The fourth-order valence-electron chi connectivity index (χ4n) is 0.772. The number of rotatable bonds is 3. The minimum Gasteiger partial charge on any atom is -0.375 e. The zero-order valence-corrected chi connectivity index (χ0v) is 6.49. The number of hydrogen-bond acceptors (Lipinski definition) is 4. The van der Waals surface area contributed by atoms with Crippen LogP contribution in [0.2, 0.25) is 0 Å². The highest BCUT2D eigenvalue weighted by Crippen LogP contribution is 2.03. The van der Waals surface area contributed by atoms with Gasteiger partial charge in [-0.3, -0.25) is 0 Å². The molecule has 0 aliphatic heterocycles. The summed E-state index contributed by atoms with van der Waals surface area (Å²) < 4.78 is 0. The smallest absolute Gasteiger partial charge is 0.343 e. The van der Waals surface area contributed by atoms with Gasteiger partial charge in [0, 0.05) is 5.69 Å². The molecule has 0 aliphatic rings. The zero-order chi connectivity index (χ0) is 8.81. The number of anilines is 1. The summed E-state index contributed by atoms with van der Waals surface area (Å²) in [4.78, 5) is 14.5. The second-order valence-corrected chi connectivity index (χ2v) is 2.21. The Morgan fingerprint density at radius 1 is 1.42 bits per heavy atom. The Hall–Kier alpha value is -1.55. The largest absolute Gasteiger partial charge is 0.375 e. The van der Waals surface area contributed by atoms with Gasteiger partial charge in [0.25, 0.3) is 0 Å². The highest BCUT2D eigenvalue weighted by atomic mass is 16.7. The maximum Gasteiger partial charge on any atom is 0.343 e. The van der Waals surface area contributed by atoms with E-state index in [-0.39, 0.29) is 6.54 Å². The highest BCUT2D eigenvalue weighted by Gasteiger charge is 1.98. The molecule has 1 aromatic carbocycles. The molecule has 64 valence electrons. The summed E-state index contributed by atoms with van der Waals surface area (Å²) in [7, 11) is 0. The van der Waals surface area contributed by atoms with Crippen molar-refractivity contribution in [1.82, 2.24) is 0 Å². The molecule has 4 nitrogen and oxygen atoms in total. The van der Waals surface area contributed by atoms with Crippen LogP contribution in [-0.2, 0) is 9.63 Å². The van der Waals surface area contributed by atoms with E-state index in [0.717, 1.165) is 5.69 Å². The Balaban J connectivity index is 2.38. The van der Waals surface area contributed by atoms with Crippen LogP contribution in [0.3, 0.4) is 0 Å². The molecule has 0 fully saturated rings. The van der Waals surface area contributed by atoms with Crippen LogP contribution in [0.5, 0.6) is 0 Å². The Labute approximate surface area is 70.3 Å². The average molecular weight is 166 g/mol. The average Bonchev–Trinajstić information content (AvgIpc) is 2.16. The molecule has 0 aliphatic carbocycles. The first-order valence-electron chi connectivity index (χ1n) is 3.51. The van der Waals surface area contributed by atoms with Crippen molar-refractivity contribution in [3.8, 4) is 0 Å². The van der Waals surface area contributed by atoms with Gasteiger partial charge in [0.15, 0.2) is 0 Å². The van der Waals surface area contributed by atoms with E-state index < -0.39 is 5.97 Å². The van der Waals surface area contributed by atoms with Gasteiger partial charge < -0.3 is 10.2 Å². The lowest BCUT2D eigenvalue weighted by atomic mass is 10.3. The van der Waals surface area contributed by atoms with Gasteiger partial charge in [-0.2, -0.15) is 5.90 Å². The quantitative estimate of drug-likeness (QED) is 0.642. The lowest BCUT2D eigenvalue weighted by Crippen LogP contribution is -2.19. The van der Waals surface area contributed by atoms with E-state index in [1.807, 2.05) is 30.3 Å². The Morgan fingerprint density at radius 3 is 2.67 bits per heavy atom. The molecule has 3 N–H and O–H groups in total. The number of carbonyl (C=O) groups is 1. The van der Waals surface area contributed by atoms with Gasteiger partial charge in [0.2, 0.25) is 0 Å². The summed E-state index contributed by atoms with van der Waals surface area (Å²) in [5.41, 5.74) is 0.864. The minimum atomic E-state index is -0.487. The summed E-state index contributed by atoms with van der Waals surface area (Å²) in [5.74, 6) is 4.16.